The summed E-state index contributed by atoms with van der Waals surface area (Å²) >= 11 is 0. The van der Waals surface area contributed by atoms with Crippen LogP contribution in [0.4, 0.5) is 0 Å². The maximum atomic E-state index is 13.3. The number of likely N-dealkylation sites (tertiary alicyclic amines) is 1. The number of hydrogen-bond acceptors (Lipinski definition) is 5. The molecular weight excluding hydrogens is 448 g/mol. The quantitative estimate of drug-likeness (QED) is 0.454. The first kappa shape index (κ1) is 20.8. The minimum Gasteiger partial charge on any atom is -0.360 e. The summed E-state index contributed by atoms with van der Waals surface area (Å²) in [4.78, 5) is 27.5. The van der Waals surface area contributed by atoms with Crippen LogP contribution in [0.5, 0.6) is 0 Å². The lowest BCUT2D eigenvalue weighted by Crippen LogP contribution is -2.36. The van der Waals surface area contributed by atoms with Crippen LogP contribution in [0.2, 0.25) is 0 Å². The molecule has 8 heteroatoms. The standard InChI is InChI=1S/C26H22N4O3S/c31-26(21-15-27-14-18-7-11-29-24(18)21)30-12-8-17(9-13-30)23-20-5-1-2-6-22(20)34(32,33)16-19-4-3-10-28-25(19)23/h1-7,10-11,14-15,29H,8-9,12-13,16H2. The number of pyridine rings is 2. The van der Waals surface area contributed by atoms with Crippen molar-refractivity contribution in [2.45, 2.75) is 23.5 Å². The van der Waals surface area contributed by atoms with Crippen LogP contribution in [0, 0.1) is 0 Å². The topological polar surface area (TPSA) is 96.0 Å². The van der Waals surface area contributed by atoms with Gasteiger partial charge in [0.2, 0.25) is 0 Å². The predicted octanol–water partition coefficient (Wildman–Crippen LogP) is 3.98. The number of hydrogen-bond donors (Lipinski definition) is 1. The molecule has 6 rings (SSSR count). The van der Waals surface area contributed by atoms with E-state index < -0.39 is 9.84 Å². The van der Waals surface area contributed by atoms with Gasteiger partial charge in [0.05, 0.1) is 27.4 Å². The molecule has 170 valence electrons. The van der Waals surface area contributed by atoms with Crippen molar-refractivity contribution >= 4 is 32.2 Å². The van der Waals surface area contributed by atoms with Gasteiger partial charge in [0.25, 0.3) is 5.91 Å². The van der Waals surface area contributed by atoms with Gasteiger partial charge < -0.3 is 9.88 Å². The van der Waals surface area contributed by atoms with Crippen LogP contribution >= 0.6 is 0 Å². The van der Waals surface area contributed by atoms with Crippen LogP contribution < -0.4 is 0 Å². The molecule has 0 saturated carbocycles. The number of aromatic amines is 1. The summed E-state index contributed by atoms with van der Waals surface area (Å²) in [7, 11) is -3.49. The van der Waals surface area contributed by atoms with Crippen LogP contribution in [0.15, 0.2) is 77.7 Å². The van der Waals surface area contributed by atoms with Gasteiger partial charge in [-0.15, -0.1) is 0 Å². The number of rotatable bonds is 1. The average Bonchev–Trinajstić information content (AvgIpc) is 3.31. The highest BCUT2D eigenvalue weighted by Crippen LogP contribution is 2.40. The number of aromatic nitrogens is 3. The summed E-state index contributed by atoms with van der Waals surface area (Å²) in [6, 6.07) is 12.7. The molecule has 0 unspecified atom stereocenters. The van der Waals surface area contributed by atoms with Gasteiger partial charge in [-0.2, -0.15) is 0 Å². The molecule has 1 amide bonds. The van der Waals surface area contributed by atoms with Crippen molar-refractivity contribution in [3.8, 4) is 0 Å². The summed E-state index contributed by atoms with van der Waals surface area (Å²) < 4.78 is 26.3. The minimum atomic E-state index is -3.49. The Morgan fingerprint density at radius 3 is 2.68 bits per heavy atom. The number of piperidine rings is 1. The van der Waals surface area contributed by atoms with E-state index in [0.717, 1.165) is 27.7 Å². The second-order valence-electron chi connectivity index (χ2n) is 8.67. The maximum Gasteiger partial charge on any atom is 0.257 e. The highest BCUT2D eigenvalue weighted by molar-refractivity contribution is 7.90. The number of amides is 1. The SMILES string of the molecule is O=C(c1cncc2cc[nH]c12)N1CCC(=C2c3ccccc3S(=O)(=O)Cc3cccnc32)CC1. The Morgan fingerprint density at radius 1 is 1.00 bits per heavy atom. The second kappa shape index (κ2) is 7.92. The van der Waals surface area contributed by atoms with E-state index in [4.69, 9.17) is 0 Å². The Bertz CT molecular complexity index is 1580. The van der Waals surface area contributed by atoms with Crippen molar-refractivity contribution in [1.82, 2.24) is 19.9 Å². The van der Waals surface area contributed by atoms with Gasteiger partial charge in [0.1, 0.15) is 0 Å². The Morgan fingerprint density at radius 2 is 1.82 bits per heavy atom. The van der Waals surface area contributed by atoms with Crippen molar-refractivity contribution in [2.75, 3.05) is 13.1 Å². The van der Waals surface area contributed by atoms with Crippen LogP contribution in [0.1, 0.15) is 40.0 Å². The number of benzene rings is 1. The molecule has 1 N–H and O–H groups in total. The normalized spacial score (nSPS) is 17.2. The van der Waals surface area contributed by atoms with Gasteiger partial charge >= 0.3 is 0 Å². The Hall–Kier alpha value is -3.78. The van der Waals surface area contributed by atoms with E-state index in [0.29, 0.717) is 47.5 Å². The molecule has 5 heterocycles. The van der Waals surface area contributed by atoms with Crippen molar-refractivity contribution in [2.24, 2.45) is 0 Å². The first-order valence-electron chi connectivity index (χ1n) is 11.2. The van der Waals surface area contributed by atoms with E-state index in [1.165, 1.54) is 0 Å². The molecule has 0 atom stereocenters. The summed E-state index contributed by atoms with van der Waals surface area (Å²) in [5.74, 6) is -0.117. The van der Waals surface area contributed by atoms with Crippen LogP contribution in [-0.2, 0) is 15.6 Å². The van der Waals surface area contributed by atoms with Gasteiger partial charge in [-0.05, 0) is 36.6 Å². The molecule has 1 fully saturated rings. The molecule has 3 aromatic heterocycles. The summed E-state index contributed by atoms with van der Waals surface area (Å²) in [5, 5.41) is 0.907. The van der Waals surface area contributed by atoms with E-state index in [9.17, 15) is 13.2 Å². The number of nitrogens with zero attached hydrogens (tertiary/aromatic N) is 3. The zero-order valence-corrected chi connectivity index (χ0v) is 19.2. The number of sulfone groups is 1. The number of H-pyrrole nitrogens is 1. The summed E-state index contributed by atoms with van der Waals surface area (Å²) in [5.41, 5.74) is 5.53. The largest absolute Gasteiger partial charge is 0.360 e. The zero-order chi connectivity index (χ0) is 23.3. The average molecular weight is 471 g/mol. The first-order chi connectivity index (χ1) is 16.5. The third-order valence-electron chi connectivity index (χ3n) is 6.67. The van der Waals surface area contributed by atoms with E-state index in [1.54, 1.807) is 36.8 Å². The van der Waals surface area contributed by atoms with Crippen LogP contribution in [0.25, 0.3) is 16.5 Å². The van der Waals surface area contributed by atoms with Gasteiger partial charge in [-0.25, -0.2) is 8.42 Å². The third kappa shape index (κ3) is 3.33. The molecule has 2 aliphatic heterocycles. The lowest BCUT2D eigenvalue weighted by Gasteiger charge is -2.30. The first-order valence-corrected chi connectivity index (χ1v) is 12.9. The van der Waals surface area contributed by atoms with E-state index >= 15 is 0 Å². The molecule has 34 heavy (non-hydrogen) atoms. The molecule has 7 nitrogen and oxygen atoms in total. The highest BCUT2D eigenvalue weighted by Gasteiger charge is 2.32. The minimum absolute atomic E-state index is 0.0491. The molecule has 1 aromatic carbocycles. The Balaban J connectivity index is 1.39. The zero-order valence-electron chi connectivity index (χ0n) is 18.4. The predicted molar refractivity (Wildman–Crippen MR) is 129 cm³/mol. The van der Waals surface area contributed by atoms with Crippen molar-refractivity contribution in [1.29, 1.82) is 0 Å². The number of nitrogens with one attached hydrogen (secondary N) is 1. The number of fused-ring (bicyclic) bond motifs is 3. The lowest BCUT2D eigenvalue weighted by molar-refractivity contribution is 0.0745. The highest BCUT2D eigenvalue weighted by atomic mass is 32.2. The maximum absolute atomic E-state index is 13.3. The van der Waals surface area contributed by atoms with Crippen LogP contribution in [0.3, 0.4) is 0 Å². The van der Waals surface area contributed by atoms with Crippen molar-refractivity contribution in [3.63, 3.8) is 0 Å². The number of carbonyl (C=O) groups excluding carboxylic acids is 1. The van der Waals surface area contributed by atoms with E-state index in [-0.39, 0.29) is 11.7 Å². The van der Waals surface area contributed by atoms with Gasteiger partial charge in [-0.1, -0.05) is 29.8 Å². The van der Waals surface area contributed by atoms with Gasteiger partial charge in [0, 0.05) is 54.4 Å². The molecule has 0 aliphatic carbocycles. The smallest absolute Gasteiger partial charge is 0.257 e. The van der Waals surface area contributed by atoms with E-state index in [1.807, 2.05) is 35.4 Å². The second-order valence-corrected chi connectivity index (χ2v) is 10.6. The van der Waals surface area contributed by atoms with Gasteiger partial charge in [-0.3, -0.25) is 14.8 Å². The Kier molecular flexibility index (Phi) is 4.84. The Labute approximate surface area is 197 Å². The van der Waals surface area contributed by atoms with Crippen LogP contribution in [-0.4, -0.2) is 47.3 Å². The fourth-order valence-corrected chi connectivity index (χ4v) is 6.62. The molecule has 0 spiro atoms. The molecular formula is C26H22N4O3S. The van der Waals surface area contributed by atoms with Crippen molar-refractivity contribution < 1.29 is 13.2 Å². The molecule has 0 bridgehead atoms. The molecule has 0 radical (unpaired) electrons. The van der Waals surface area contributed by atoms with E-state index in [2.05, 4.69) is 15.0 Å². The third-order valence-corrected chi connectivity index (χ3v) is 8.39. The van der Waals surface area contributed by atoms with Crippen molar-refractivity contribution in [3.05, 3.63) is 95.2 Å². The fraction of sp³-hybridized carbons (Fsp3) is 0.192. The lowest BCUT2D eigenvalue weighted by atomic mass is 9.89. The molecule has 2 aliphatic rings. The molecule has 1 saturated heterocycles. The monoisotopic (exact) mass is 470 g/mol. The van der Waals surface area contributed by atoms with Gasteiger partial charge in [0.15, 0.2) is 9.84 Å². The summed E-state index contributed by atoms with van der Waals surface area (Å²) in [6.07, 6.45) is 8.18. The fourth-order valence-electron chi connectivity index (χ4n) is 5.03. The molecule has 4 aromatic rings. The number of carbonyl (C=O) groups is 1. The summed E-state index contributed by atoms with van der Waals surface area (Å²) in [6.45, 7) is 1.09.